The summed E-state index contributed by atoms with van der Waals surface area (Å²) < 4.78 is 25.6. The molecule has 0 aliphatic heterocycles. The number of sulfonamides is 1. The van der Waals surface area contributed by atoms with Gasteiger partial charge in [0.2, 0.25) is 10.0 Å². The second-order valence-corrected chi connectivity index (χ2v) is 6.91. The van der Waals surface area contributed by atoms with Crippen LogP contribution in [0.5, 0.6) is 0 Å². The Hall–Kier alpha value is -0.330. The Labute approximate surface area is 123 Å². The van der Waals surface area contributed by atoms with E-state index in [1.807, 2.05) is 6.92 Å². The SMILES string of the molecule is CCCCS(=O)(=O)NCC(O)c1c(Cl)cccc1Cl. The first-order chi connectivity index (χ1) is 8.87. The molecule has 108 valence electrons. The van der Waals surface area contributed by atoms with E-state index in [4.69, 9.17) is 23.2 Å². The molecule has 2 N–H and O–H groups in total. The number of aliphatic hydroxyl groups is 1. The Bertz CT molecular complexity index is 499. The van der Waals surface area contributed by atoms with Crippen LogP contribution in [0.3, 0.4) is 0 Å². The fourth-order valence-corrected chi connectivity index (χ4v) is 3.42. The first-order valence-electron chi connectivity index (χ1n) is 5.96. The van der Waals surface area contributed by atoms with Crippen molar-refractivity contribution in [3.63, 3.8) is 0 Å². The van der Waals surface area contributed by atoms with Gasteiger partial charge in [0.15, 0.2) is 0 Å². The van der Waals surface area contributed by atoms with Crippen LogP contribution in [0.4, 0.5) is 0 Å². The lowest BCUT2D eigenvalue weighted by atomic mass is 10.1. The lowest BCUT2D eigenvalue weighted by Crippen LogP contribution is -2.30. The van der Waals surface area contributed by atoms with Gasteiger partial charge in [-0.15, -0.1) is 0 Å². The van der Waals surface area contributed by atoms with Crippen molar-refractivity contribution < 1.29 is 13.5 Å². The number of hydrogen-bond acceptors (Lipinski definition) is 3. The zero-order chi connectivity index (χ0) is 14.5. The summed E-state index contributed by atoms with van der Waals surface area (Å²) in [5, 5.41) is 10.6. The maximum Gasteiger partial charge on any atom is 0.211 e. The molecule has 1 rings (SSSR count). The summed E-state index contributed by atoms with van der Waals surface area (Å²) in [6, 6.07) is 4.85. The van der Waals surface area contributed by atoms with Gasteiger partial charge < -0.3 is 5.11 Å². The molecule has 0 aliphatic rings. The van der Waals surface area contributed by atoms with E-state index in [-0.39, 0.29) is 12.3 Å². The number of unbranched alkanes of at least 4 members (excludes halogenated alkanes) is 1. The normalized spacial score (nSPS) is 13.5. The van der Waals surface area contributed by atoms with Gasteiger partial charge in [0.1, 0.15) is 0 Å². The van der Waals surface area contributed by atoms with Crippen molar-refractivity contribution in [2.24, 2.45) is 0 Å². The molecule has 0 saturated carbocycles. The summed E-state index contributed by atoms with van der Waals surface area (Å²) in [5.74, 6) is 0.0481. The third-order valence-electron chi connectivity index (χ3n) is 2.60. The Kier molecular flexibility index (Phi) is 6.56. The van der Waals surface area contributed by atoms with Crippen molar-refractivity contribution in [2.75, 3.05) is 12.3 Å². The molecule has 0 heterocycles. The summed E-state index contributed by atoms with van der Waals surface area (Å²) >= 11 is 11.9. The summed E-state index contributed by atoms with van der Waals surface area (Å²) in [4.78, 5) is 0. The van der Waals surface area contributed by atoms with Gasteiger partial charge >= 0.3 is 0 Å². The molecule has 1 aromatic carbocycles. The molecule has 0 aromatic heterocycles. The van der Waals surface area contributed by atoms with Crippen molar-refractivity contribution in [2.45, 2.75) is 25.9 Å². The number of aliphatic hydroxyl groups excluding tert-OH is 1. The fraction of sp³-hybridized carbons (Fsp3) is 0.500. The molecule has 1 atom stereocenters. The minimum Gasteiger partial charge on any atom is -0.387 e. The van der Waals surface area contributed by atoms with Gasteiger partial charge in [-0.2, -0.15) is 0 Å². The van der Waals surface area contributed by atoms with Crippen LogP contribution in [0.1, 0.15) is 31.4 Å². The number of rotatable bonds is 7. The Morgan fingerprint density at radius 3 is 2.42 bits per heavy atom. The molecule has 7 heteroatoms. The highest BCUT2D eigenvalue weighted by Gasteiger charge is 2.18. The number of hydrogen-bond donors (Lipinski definition) is 2. The van der Waals surface area contributed by atoms with Gasteiger partial charge in [-0.05, 0) is 18.6 Å². The Morgan fingerprint density at radius 1 is 1.32 bits per heavy atom. The molecule has 4 nitrogen and oxygen atoms in total. The van der Waals surface area contributed by atoms with Crippen LogP contribution in [0.25, 0.3) is 0 Å². The first-order valence-corrected chi connectivity index (χ1v) is 8.37. The summed E-state index contributed by atoms with van der Waals surface area (Å²) in [7, 11) is -3.37. The van der Waals surface area contributed by atoms with E-state index >= 15 is 0 Å². The molecule has 1 unspecified atom stereocenters. The largest absolute Gasteiger partial charge is 0.387 e. The molecule has 0 radical (unpaired) electrons. The monoisotopic (exact) mass is 325 g/mol. The fourth-order valence-electron chi connectivity index (χ4n) is 1.54. The molecule has 0 fully saturated rings. The predicted molar refractivity (Wildman–Crippen MR) is 78.1 cm³/mol. The van der Waals surface area contributed by atoms with Crippen molar-refractivity contribution in [3.8, 4) is 0 Å². The molecule has 19 heavy (non-hydrogen) atoms. The van der Waals surface area contributed by atoms with Crippen molar-refractivity contribution in [1.29, 1.82) is 0 Å². The zero-order valence-electron chi connectivity index (χ0n) is 10.6. The summed E-state index contributed by atoms with van der Waals surface area (Å²) in [6.07, 6.45) is 0.301. The van der Waals surface area contributed by atoms with Crippen LogP contribution in [-0.2, 0) is 10.0 Å². The van der Waals surface area contributed by atoms with E-state index in [0.29, 0.717) is 22.0 Å². The van der Waals surface area contributed by atoms with Crippen LogP contribution < -0.4 is 4.72 Å². The maximum atomic E-state index is 11.6. The highest BCUT2D eigenvalue weighted by atomic mass is 35.5. The number of nitrogens with one attached hydrogen (secondary N) is 1. The minimum atomic E-state index is -3.37. The lowest BCUT2D eigenvalue weighted by Gasteiger charge is -2.15. The third-order valence-corrected chi connectivity index (χ3v) is 4.69. The maximum absolute atomic E-state index is 11.6. The topological polar surface area (TPSA) is 66.4 Å². The van der Waals surface area contributed by atoms with E-state index in [1.165, 1.54) is 0 Å². The van der Waals surface area contributed by atoms with Crippen molar-refractivity contribution in [3.05, 3.63) is 33.8 Å². The van der Waals surface area contributed by atoms with Crippen LogP contribution in [0, 0.1) is 0 Å². The van der Waals surface area contributed by atoms with Crippen LogP contribution in [0.2, 0.25) is 10.0 Å². The van der Waals surface area contributed by atoms with Crippen LogP contribution >= 0.6 is 23.2 Å². The molecule has 0 amide bonds. The Morgan fingerprint density at radius 2 is 1.89 bits per heavy atom. The van der Waals surface area contributed by atoms with Crippen molar-refractivity contribution in [1.82, 2.24) is 4.72 Å². The third kappa shape index (κ3) is 5.28. The van der Waals surface area contributed by atoms with E-state index < -0.39 is 16.1 Å². The highest BCUT2D eigenvalue weighted by Crippen LogP contribution is 2.29. The zero-order valence-corrected chi connectivity index (χ0v) is 12.9. The molecule has 0 bridgehead atoms. The van der Waals surface area contributed by atoms with E-state index in [0.717, 1.165) is 6.42 Å². The highest BCUT2D eigenvalue weighted by molar-refractivity contribution is 7.89. The van der Waals surface area contributed by atoms with Crippen molar-refractivity contribution >= 4 is 33.2 Å². The van der Waals surface area contributed by atoms with E-state index in [9.17, 15) is 13.5 Å². The minimum absolute atomic E-state index is 0.0481. The van der Waals surface area contributed by atoms with Gasteiger partial charge in [-0.3, -0.25) is 0 Å². The first kappa shape index (κ1) is 16.7. The molecule has 0 aliphatic carbocycles. The molecule has 0 saturated heterocycles. The lowest BCUT2D eigenvalue weighted by molar-refractivity contribution is 0.182. The molecule has 0 spiro atoms. The van der Waals surface area contributed by atoms with Gasteiger partial charge in [-0.1, -0.05) is 42.6 Å². The molecular weight excluding hydrogens is 309 g/mol. The molecular formula is C12H17Cl2NO3S. The second-order valence-electron chi connectivity index (χ2n) is 4.17. The Balaban J connectivity index is 2.68. The average molecular weight is 326 g/mol. The summed E-state index contributed by atoms with van der Waals surface area (Å²) in [5.41, 5.74) is 0.337. The second kappa shape index (κ2) is 7.45. The predicted octanol–water partition coefficient (Wildman–Crippen LogP) is 2.75. The van der Waals surface area contributed by atoms with E-state index in [2.05, 4.69) is 4.72 Å². The van der Waals surface area contributed by atoms with Gasteiger partial charge in [0, 0.05) is 22.2 Å². The van der Waals surface area contributed by atoms with Gasteiger partial charge in [0.05, 0.1) is 11.9 Å². The standard InChI is InChI=1S/C12H17Cl2NO3S/c1-2-3-7-19(17,18)15-8-11(16)12-9(13)5-4-6-10(12)14/h4-6,11,15-16H,2-3,7-8H2,1H3. The van der Waals surface area contributed by atoms with E-state index in [1.54, 1.807) is 18.2 Å². The van der Waals surface area contributed by atoms with Crippen LogP contribution in [0.15, 0.2) is 18.2 Å². The molecule has 1 aromatic rings. The summed E-state index contributed by atoms with van der Waals surface area (Å²) in [6.45, 7) is 1.77. The quantitative estimate of drug-likeness (QED) is 0.810. The number of benzene rings is 1. The smallest absolute Gasteiger partial charge is 0.211 e. The van der Waals surface area contributed by atoms with Gasteiger partial charge in [-0.25, -0.2) is 13.1 Å². The average Bonchev–Trinajstić information content (AvgIpc) is 2.34. The van der Waals surface area contributed by atoms with Gasteiger partial charge in [0.25, 0.3) is 0 Å². The number of halogens is 2. The van der Waals surface area contributed by atoms with Crippen LogP contribution in [-0.4, -0.2) is 25.8 Å².